The van der Waals surface area contributed by atoms with Crippen LogP contribution >= 0.6 is 0 Å². The summed E-state index contributed by atoms with van der Waals surface area (Å²) < 4.78 is 86.1. The highest BCUT2D eigenvalue weighted by atomic mass is 19.4. The SMILES string of the molecule is Cc1cccc2nc(C(F)(F)F)c(C(=O)N3[C@@H]4CC[C@H]3c3nn(C)c(-c5cc(F)c(F)c(F)c5)c3C4)n12. The van der Waals surface area contributed by atoms with Crippen LogP contribution in [0.3, 0.4) is 0 Å². The minimum Gasteiger partial charge on any atom is -0.325 e. The van der Waals surface area contributed by atoms with Gasteiger partial charge >= 0.3 is 6.18 Å². The van der Waals surface area contributed by atoms with Crippen molar-refractivity contribution in [2.75, 3.05) is 0 Å². The molecule has 3 aromatic heterocycles. The monoisotopic (exact) mass is 519 g/mol. The first-order chi connectivity index (χ1) is 17.5. The fourth-order valence-corrected chi connectivity index (χ4v) is 5.78. The Balaban J connectivity index is 1.47. The maximum absolute atomic E-state index is 14.0. The van der Waals surface area contributed by atoms with Crippen molar-refractivity contribution >= 4 is 11.6 Å². The van der Waals surface area contributed by atoms with Gasteiger partial charge < -0.3 is 4.90 Å². The third-order valence-corrected chi connectivity index (χ3v) is 7.24. The number of benzene rings is 1. The van der Waals surface area contributed by atoms with Gasteiger partial charge in [-0.15, -0.1) is 0 Å². The largest absolute Gasteiger partial charge is 0.435 e. The molecule has 2 aliphatic rings. The summed E-state index contributed by atoms with van der Waals surface area (Å²) in [6, 6.07) is 5.25. The maximum atomic E-state index is 14.0. The van der Waals surface area contributed by atoms with E-state index in [-0.39, 0.29) is 17.6 Å². The summed E-state index contributed by atoms with van der Waals surface area (Å²) in [6.07, 6.45) is -3.65. The number of nitrogens with zero attached hydrogens (tertiary/aromatic N) is 5. The number of pyridine rings is 1. The van der Waals surface area contributed by atoms with E-state index >= 15 is 0 Å². The number of aromatic nitrogens is 4. The molecule has 5 heterocycles. The number of carbonyl (C=O) groups is 1. The average Bonchev–Trinajstić information content (AvgIpc) is 3.48. The van der Waals surface area contributed by atoms with E-state index in [1.165, 1.54) is 20.0 Å². The molecule has 0 saturated carbocycles. The standard InChI is InChI=1S/C25H19F6N5O/c1-11-4-3-5-18-32-23(25(29,30)31)22(35(11)18)24(37)36-13-6-7-17(36)20-14(10-13)21(34(2)33-20)12-8-15(26)19(28)16(27)9-12/h3-5,8-9,13,17H,6-7,10H2,1-2H3/t13-,17+/m1/s1. The molecule has 0 unspecified atom stereocenters. The molecule has 192 valence electrons. The number of alkyl halides is 3. The summed E-state index contributed by atoms with van der Waals surface area (Å²) in [6.45, 7) is 1.60. The molecule has 2 bridgehead atoms. The Morgan fingerprint density at radius 3 is 2.46 bits per heavy atom. The van der Waals surface area contributed by atoms with E-state index in [1.54, 1.807) is 26.1 Å². The third kappa shape index (κ3) is 3.37. The second-order valence-corrected chi connectivity index (χ2v) is 9.42. The number of rotatable bonds is 2. The number of amides is 1. The zero-order chi connectivity index (χ0) is 26.4. The predicted octanol–water partition coefficient (Wildman–Crippen LogP) is 5.38. The van der Waals surface area contributed by atoms with Crippen LogP contribution in [0.2, 0.25) is 0 Å². The van der Waals surface area contributed by atoms with Gasteiger partial charge in [0.1, 0.15) is 11.3 Å². The number of carbonyl (C=O) groups excluding carboxylic acids is 1. The highest BCUT2D eigenvalue weighted by Gasteiger charge is 2.49. The Morgan fingerprint density at radius 2 is 1.78 bits per heavy atom. The molecule has 0 aliphatic carbocycles. The summed E-state index contributed by atoms with van der Waals surface area (Å²) in [5, 5.41) is 4.49. The molecule has 2 aliphatic heterocycles. The topological polar surface area (TPSA) is 55.4 Å². The van der Waals surface area contributed by atoms with E-state index in [4.69, 9.17) is 0 Å². The molecule has 0 N–H and O–H groups in total. The zero-order valence-corrected chi connectivity index (χ0v) is 19.6. The molecular weight excluding hydrogens is 500 g/mol. The van der Waals surface area contributed by atoms with Gasteiger partial charge in [0.05, 0.1) is 17.4 Å². The molecule has 0 radical (unpaired) electrons. The van der Waals surface area contributed by atoms with Crippen molar-refractivity contribution in [1.29, 1.82) is 0 Å². The molecule has 1 saturated heterocycles. The first-order valence-electron chi connectivity index (χ1n) is 11.6. The van der Waals surface area contributed by atoms with Crippen LogP contribution in [-0.2, 0) is 19.6 Å². The van der Waals surface area contributed by atoms with Crippen molar-refractivity contribution in [2.24, 2.45) is 7.05 Å². The Kier molecular flexibility index (Phi) is 4.99. The summed E-state index contributed by atoms with van der Waals surface area (Å²) >= 11 is 0. The van der Waals surface area contributed by atoms with E-state index in [9.17, 15) is 31.1 Å². The van der Waals surface area contributed by atoms with Crippen molar-refractivity contribution in [3.05, 3.63) is 76.1 Å². The third-order valence-electron chi connectivity index (χ3n) is 7.24. The second-order valence-electron chi connectivity index (χ2n) is 9.42. The van der Waals surface area contributed by atoms with Gasteiger partial charge in [-0.3, -0.25) is 13.9 Å². The van der Waals surface area contributed by atoms with Gasteiger partial charge in [0.15, 0.2) is 23.1 Å². The lowest BCUT2D eigenvalue weighted by Crippen LogP contribution is -2.43. The number of hydrogen-bond acceptors (Lipinski definition) is 3. The van der Waals surface area contributed by atoms with Crippen LogP contribution in [0.25, 0.3) is 16.9 Å². The minimum atomic E-state index is -4.85. The van der Waals surface area contributed by atoms with Gasteiger partial charge in [-0.1, -0.05) is 6.07 Å². The molecular formula is C25H19F6N5O. The molecule has 1 aromatic carbocycles. The van der Waals surface area contributed by atoms with Crippen LogP contribution < -0.4 is 0 Å². The Hall–Kier alpha value is -3.83. The van der Waals surface area contributed by atoms with Gasteiger partial charge in [0.2, 0.25) is 0 Å². The molecule has 4 aromatic rings. The van der Waals surface area contributed by atoms with E-state index < -0.39 is 53.0 Å². The minimum absolute atomic E-state index is 0.0150. The predicted molar refractivity (Wildman–Crippen MR) is 119 cm³/mol. The zero-order valence-electron chi connectivity index (χ0n) is 19.6. The Bertz CT molecular complexity index is 1580. The van der Waals surface area contributed by atoms with Crippen LogP contribution in [0.15, 0.2) is 30.3 Å². The van der Waals surface area contributed by atoms with E-state index in [2.05, 4.69) is 10.1 Å². The summed E-state index contributed by atoms with van der Waals surface area (Å²) in [5.74, 6) is -5.08. The van der Waals surface area contributed by atoms with E-state index in [1.807, 2.05) is 0 Å². The summed E-state index contributed by atoms with van der Waals surface area (Å²) in [4.78, 5) is 19.0. The maximum Gasteiger partial charge on any atom is 0.435 e. The summed E-state index contributed by atoms with van der Waals surface area (Å²) in [7, 11) is 1.56. The quantitative estimate of drug-likeness (QED) is 0.264. The van der Waals surface area contributed by atoms with E-state index in [0.717, 1.165) is 12.1 Å². The highest BCUT2D eigenvalue weighted by molar-refractivity contribution is 5.96. The molecule has 12 heteroatoms. The van der Waals surface area contributed by atoms with Crippen molar-refractivity contribution in [3.63, 3.8) is 0 Å². The van der Waals surface area contributed by atoms with Crippen LogP contribution in [0.5, 0.6) is 0 Å². The van der Waals surface area contributed by atoms with Gasteiger partial charge in [-0.25, -0.2) is 18.2 Å². The summed E-state index contributed by atoms with van der Waals surface area (Å²) in [5.41, 5.74) is 0.173. The second kappa shape index (κ2) is 7.83. The number of halogens is 6. The molecule has 6 rings (SSSR count). The number of fused-ring (bicyclic) bond motifs is 5. The first kappa shape index (κ1) is 23.6. The lowest BCUT2D eigenvalue weighted by Gasteiger charge is -2.34. The van der Waals surface area contributed by atoms with Crippen LogP contribution in [0, 0.1) is 24.4 Å². The Morgan fingerprint density at radius 1 is 1.08 bits per heavy atom. The molecule has 2 atom stereocenters. The first-order valence-corrected chi connectivity index (χ1v) is 11.6. The molecule has 0 spiro atoms. The van der Waals surface area contributed by atoms with Gasteiger partial charge in [0.25, 0.3) is 5.91 Å². The fourth-order valence-electron chi connectivity index (χ4n) is 5.78. The van der Waals surface area contributed by atoms with E-state index in [0.29, 0.717) is 35.5 Å². The smallest absolute Gasteiger partial charge is 0.325 e. The van der Waals surface area contributed by atoms with Crippen molar-refractivity contribution in [1.82, 2.24) is 24.1 Å². The van der Waals surface area contributed by atoms with Crippen LogP contribution in [-0.4, -0.2) is 36.0 Å². The van der Waals surface area contributed by atoms with Crippen molar-refractivity contribution in [2.45, 2.75) is 44.4 Å². The molecule has 37 heavy (non-hydrogen) atoms. The lowest BCUT2D eigenvalue weighted by atomic mass is 9.94. The lowest BCUT2D eigenvalue weighted by molar-refractivity contribution is -0.141. The number of aryl methyl sites for hydroxylation is 2. The van der Waals surface area contributed by atoms with Gasteiger partial charge in [0, 0.05) is 29.9 Å². The fraction of sp³-hybridized carbons (Fsp3) is 0.320. The van der Waals surface area contributed by atoms with Crippen LogP contribution in [0.1, 0.15) is 52.0 Å². The highest BCUT2D eigenvalue weighted by Crippen LogP contribution is 2.47. The van der Waals surface area contributed by atoms with Crippen molar-refractivity contribution < 1.29 is 31.1 Å². The Labute approximate surface area is 206 Å². The molecule has 1 amide bonds. The molecule has 6 nitrogen and oxygen atoms in total. The number of imidazole rings is 1. The van der Waals surface area contributed by atoms with Gasteiger partial charge in [-0.05, 0) is 50.5 Å². The normalized spacial score (nSPS) is 19.1. The van der Waals surface area contributed by atoms with Crippen LogP contribution in [0.4, 0.5) is 26.3 Å². The molecule has 1 fully saturated rings. The van der Waals surface area contributed by atoms with Crippen molar-refractivity contribution in [3.8, 4) is 11.3 Å². The number of hydrogen-bond donors (Lipinski definition) is 0. The van der Waals surface area contributed by atoms with Gasteiger partial charge in [-0.2, -0.15) is 18.3 Å². The average molecular weight is 519 g/mol.